The molecule has 0 saturated carbocycles. The second-order valence-electron chi connectivity index (χ2n) is 5.51. The summed E-state index contributed by atoms with van der Waals surface area (Å²) in [5.41, 5.74) is 1.01. The number of halogens is 5. The lowest BCUT2D eigenvalue weighted by molar-refractivity contribution is 0.145. The van der Waals surface area contributed by atoms with Crippen molar-refractivity contribution in [1.29, 1.82) is 5.26 Å². The number of nitriles is 1. The Morgan fingerprint density at radius 1 is 1.00 bits per heavy atom. The number of aromatic nitrogens is 2. The fourth-order valence-corrected chi connectivity index (χ4v) is 3.43. The summed E-state index contributed by atoms with van der Waals surface area (Å²) in [5, 5.41) is 8.29. The van der Waals surface area contributed by atoms with Crippen molar-refractivity contribution in [1.82, 2.24) is 9.97 Å². The van der Waals surface area contributed by atoms with Crippen LogP contribution in [0.3, 0.4) is 0 Å². The molecule has 5 nitrogen and oxygen atoms in total. The summed E-state index contributed by atoms with van der Waals surface area (Å²) >= 11 is 1.64. The van der Waals surface area contributed by atoms with Crippen LogP contribution in [0.4, 0.5) is 22.3 Å². The topological polar surface area (TPSA) is 79.0 Å². The first-order valence-corrected chi connectivity index (χ1v) is 11.2. The van der Waals surface area contributed by atoms with Crippen molar-refractivity contribution < 1.29 is 26.5 Å². The lowest BCUT2D eigenvalue weighted by Gasteiger charge is -2.03. The maximum Gasteiger partial charge on any atom is 0.280 e. The summed E-state index contributed by atoms with van der Waals surface area (Å²) in [4.78, 5) is 7.16. The Kier molecular flexibility index (Phi) is 21.2. The van der Waals surface area contributed by atoms with Gasteiger partial charge in [0.1, 0.15) is 11.4 Å². The maximum atomic E-state index is 12.2. The van der Waals surface area contributed by atoms with Gasteiger partial charge < -0.3 is 0 Å². The molecule has 0 aliphatic carbocycles. The number of hydrogen-bond acceptors (Lipinski definition) is 6. The minimum absolute atomic E-state index is 0. The van der Waals surface area contributed by atoms with Crippen molar-refractivity contribution in [3.8, 4) is 6.19 Å². The molecule has 0 aliphatic rings. The Morgan fingerprint density at radius 3 is 1.75 bits per heavy atom. The quantitative estimate of drug-likeness (QED) is 0.313. The van der Waals surface area contributed by atoms with Gasteiger partial charge in [-0.05, 0) is 29.5 Å². The van der Waals surface area contributed by atoms with Crippen LogP contribution >= 0.6 is 11.8 Å². The van der Waals surface area contributed by atoms with E-state index >= 15 is 0 Å². The molecule has 0 bridgehead atoms. The molecule has 0 amide bonds. The minimum Gasteiger partial charge on any atom is -0.269 e. The molecule has 1 atom stereocenters. The summed E-state index contributed by atoms with van der Waals surface area (Å²) in [6.07, 6.45) is 2.39. The zero-order chi connectivity index (χ0) is 21.2. The van der Waals surface area contributed by atoms with Gasteiger partial charge in [0, 0.05) is 24.4 Å². The van der Waals surface area contributed by atoms with Gasteiger partial charge in [-0.25, -0.2) is 21.8 Å². The lowest BCUT2D eigenvalue weighted by Crippen LogP contribution is -2.01. The van der Waals surface area contributed by atoms with Gasteiger partial charge in [-0.2, -0.15) is 17.0 Å². The van der Waals surface area contributed by atoms with E-state index in [1.54, 1.807) is 17.8 Å². The second-order valence-corrected chi connectivity index (χ2v) is 8.77. The number of hydrogen-bond donors (Lipinski definition) is 0. The van der Waals surface area contributed by atoms with Crippen molar-refractivity contribution in [2.24, 2.45) is 4.36 Å². The Morgan fingerprint density at radius 2 is 1.44 bits per heavy atom. The first-order valence-electron chi connectivity index (χ1n) is 7.71. The molecule has 184 valence electrons. The van der Waals surface area contributed by atoms with Crippen LogP contribution in [-0.2, 0) is 21.2 Å². The molecular weight excluding hydrogens is 471 g/mol. The van der Waals surface area contributed by atoms with Gasteiger partial charge in [0.15, 0.2) is 0 Å². The largest absolute Gasteiger partial charge is 0.280 e. The summed E-state index contributed by atoms with van der Waals surface area (Å²) in [6, 6.07) is 5.63. The number of rotatable bonds is 6. The monoisotopic (exact) mass is 502 g/mol. The lowest BCUT2D eigenvalue weighted by atomic mass is 10.3. The van der Waals surface area contributed by atoms with Gasteiger partial charge >= 0.3 is 0 Å². The molecule has 0 aliphatic heterocycles. The van der Waals surface area contributed by atoms with Crippen LogP contribution in [0.5, 0.6) is 0 Å². The molecular formula is C20H31F5N4OS2. The van der Waals surface area contributed by atoms with E-state index in [0.717, 1.165) is 11.3 Å². The van der Waals surface area contributed by atoms with Crippen molar-refractivity contribution in [2.45, 2.75) is 46.6 Å². The van der Waals surface area contributed by atoms with E-state index in [2.05, 4.69) is 14.3 Å². The average molecular weight is 503 g/mol. The fraction of sp³-hybridized carbons (Fsp3) is 0.450. The van der Waals surface area contributed by atoms with E-state index in [0.29, 0.717) is 5.56 Å². The van der Waals surface area contributed by atoms with E-state index in [1.165, 1.54) is 43.0 Å². The van der Waals surface area contributed by atoms with Gasteiger partial charge in [0.05, 0.1) is 15.5 Å². The molecule has 2 rings (SSSR count). The van der Waals surface area contributed by atoms with E-state index in [4.69, 9.17) is 5.26 Å². The summed E-state index contributed by atoms with van der Waals surface area (Å²) in [5.74, 6) is 0.841. The zero-order valence-corrected chi connectivity index (χ0v) is 17.1. The molecule has 2 heterocycles. The van der Waals surface area contributed by atoms with Gasteiger partial charge in [0.2, 0.25) is 6.19 Å². The molecule has 2 aromatic heterocycles. The van der Waals surface area contributed by atoms with E-state index < -0.39 is 22.6 Å². The molecule has 0 aromatic carbocycles. The minimum atomic E-state index is -2.63. The molecule has 0 saturated heterocycles. The van der Waals surface area contributed by atoms with Crippen LogP contribution in [-0.4, -0.2) is 26.7 Å². The van der Waals surface area contributed by atoms with Gasteiger partial charge in [-0.3, -0.25) is 14.7 Å². The highest BCUT2D eigenvalue weighted by atomic mass is 32.2. The van der Waals surface area contributed by atoms with Crippen LogP contribution in [0, 0.1) is 11.5 Å². The second kappa shape index (κ2) is 18.3. The van der Waals surface area contributed by atoms with Crippen LogP contribution in [0.25, 0.3) is 0 Å². The molecule has 0 spiro atoms. The van der Waals surface area contributed by atoms with Crippen LogP contribution in [0.15, 0.2) is 41.0 Å². The highest BCUT2D eigenvalue weighted by Gasteiger charge is 2.09. The van der Waals surface area contributed by atoms with Gasteiger partial charge in [0.25, 0.3) is 12.9 Å². The molecule has 1 unspecified atom stereocenters. The number of thioether (sulfide) groups is 1. The van der Waals surface area contributed by atoms with Crippen molar-refractivity contribution in [2.75, 3.05) is 12.5 Å². The smallest absolute Gasteiger partial charge is 0.269 e. The van der Waals surface area contributed by atoms with Crippen LogP contribution in [0.1, 0.15) is 57.6 Å². The molecule has 0 N–H and O–H groups in total. The Hall–Kier alpha value is -2.26. The predicted molar refractivity (Wildman–Crippen MR) is 124 cm³/mol. The number of alkyl halides is 4. The van der Waals surface area contributed by atoms with Crippen molar-refractivity contribution in [3.63, 3.8) is 0 Å². The molecule has 32 heavy (non-hydrogen) atoms. The standard InChI is InChI=1S/C9H9F2N3OS.C8H9F2NS.3CH4.FH/c1-16(15,14-6-12)5-7-2-3-8(9(10)11)13-4-7;1-12-5-6-2-3-7(8(9)10)11-4-6;;;;/h2-4,9H,5H2,1H3;2-4,8H,5H2,1H3;3*1H4;1H. The highest BCUT2D eigenvalue weighted by Crippen LogP contribution is 2.17. The Balaban J connectivity index is -0.000000224. The summed E-state index contributed by atoms with van der Waals surface area (Å²) in [7, 11) is -2.63. The maximum absolute atomic E-state index is 12.2. The third kappa shape index (κ3) is 13.9. The third-order valence-electron chi connectivity index (χ3n) is 3.12. The normalized spacial score (nSPS) is 11.1. The summed E-state index contributed by atoms with van der Waals surface area (Å²) in [6.45, 7) is 0. The van der Waals surface area contributed by atoms with E-state index in [-0.39, 0.29) is 44.1 Å². The Bertz CT molecular complexity index is 896. The van der Waals surface area contributed by atoms with E-state index in [9.17, 15) is 21.8 Å². The molecule has 12 heteroatoms. The van der Waals surface area contributed by atoms with E-state index in [1.807, 2.05) is 6.26 Å². The van der Waals surface area contributed by atoms with Crippen molar-refractivity contribution in [3.05, 3.63) is 59.2 Å². The highest BCUT2D eigenvalue weighted by molar-refractivity contribution is 7.97. The number of nitrogens with zero attached hydrogens (tertiary/aromatic N) is 4. The predicted octanol–water partition coefficient (Wildman–Crippen LogP) is 7.04. The van der Waals surface area contributed by atoms with Gasteiger partial charge in [-0.1, -0.05) is 34.4 Å². The zero-order valence-electron chi connectivity index (χ0n) is 15.5. The van der Waals surface area contributed by atoms with Crippen molar-refractivity contribution >= 4 is 21.5 Å². The summed E-state index contributed by atoms with van der Waals surface area (Å²) < 4.78 is 63.3. The molecule has 0 fully saturated rings. The fourth-order valence-electron chi connectivity index (χ4n) is 1.90. The third-order valence-corrected chi connectivity index (χ3v) is 5.08. The molecule has 2 aromatic rings. The van der Waals surface area contributed by atoms with Gasteiger partial charge in [-0.15, -0.1) is 4.36 Å². The first-order chi connectivity index (χ1) is 13.2. The van der Waals surface area contributed by atoms with Crippen LogP contribution < -0.4 is 0 Å². The Labute approximate surface area is 192 Å². The number of pyridine rings is 2. The van der Waals surface area contributed by atoms with Crippen LogP contribution in [0.2, 0.25) is 0 Å². The first kappa shape index (κ1) is 37.1. The SMILES string of the molecule is C.C.C.CS(=O)(Cc1ccc(C(F)F)nc1)=NC#N.CSCc1ccc(C(F)F)nc1.F. The molecule has 0 radical (unpaired) electrons. The average Bonchev–Trinajstić information content (AvgIpc) is 2.63.